The zero-order valence-electron chi connectivity index (χ0n) is 10.7. The lowest BCUT2D eigenvalue weighted by Gasteiger charge is -2.45. The SMILES string of the molecule is Cc1cccc(C(=O)NC2C(N)C3CCOC32)c1I. The molecule has 2 aliphatic rings. The Bertz CT molecular complexity index is 520. The number of amides is 1. The Hall–Kier alpha value is -0.660. The van der Waals surface area contributed by atoms with Gasteiger partial charge in [-0.2, -0.15) is 0 Å². The van der Waals surface area contributed by atoms with E-state index >= 15 is 0 Å². The van der Waals surface area contributed by atoms with Crippen LogP contribution in [0.3, 0.4) is 0 Å². The first kappa shape index (κ1) is 13.3. The molecule has 102 valence electrons. The first-order chi connectivity index (χ1) is 9.09. The van der Waals surface area contributed by atoms with Crippen LogP contribution in [0.5, 0.6) is 0 Å². The lowest BCUT2D eigenvalue weighted by atomic mass is 9.72. The summed E-state index contributed by atoms with van der Waals surface area (Å²) in [4.78, 5) is 12.3. The highest BCUT2D eigenvalue weighted by atomic mass is 127. The molecule has 3 N–H and O–H groups in total. The minimum atomic E-state index is -0.0532. The number of carbonyl (C=O) groups excluding carboxylic acids is 1. The van der Waals surface area contributed by atoms with Gasteiger partial charge < -0.3 is 15.8 Å². The van der Waals surface area contributed by atoms with Gasteiger partial charge >= 0.3 is 0 Å². The molecular weight excluding hydrogens is 355 g/mol. The van der Waals surface area contributed by atoms with Crippen LogP contribution in [-0.4, -0.2) is 30.7 Å². The second-order valence-electron chi connectivity index (χ2n) is 5.30. The fraction of sp³-hybridized carbons (Fsp3) is 0.500. The highest BCUT2D eigenvalue weighted by molar-refractivity contribution is 14.1. The van der Waals surface area contributed by atoms with Gasteiger partial charge in [-0.3, -0.25) is 4.79 Å². The minimum Gasteiger partial charge on any atom is -0.376 e. The summed E-state index contributed by atoms with van der Waals surface area (Å²) in [7, 11) is 0. The summed E-state index contributed by atoms with van der Waals surface area (Å²) in [6, 6.07) is 5.74. The van der Waals surface area contributed by atoms with Crippen molar-refractivity contribution in [2.45, 2.75) is 31.5 Å². The van der Waals surface area contributed by atoms with Crippen molar-refractivity contribution in [3.05, 3.63) is 32.9 Å². The molecule has 0 radical (unpaired) electrons. The predicted octanol–water partition coefficient (Wildman–Crippen LogP) is 1.44. The Labute approximate surface area is 126 Å². The van der Waals surface area contributed by atoms with Crippen molar-refractivity contribution in [1.82, 2.24) is 5.32 Å². The first-order valence-corrected chi connectivity index (χ1v) is 7.60. The monoisotopic (exact) mass is 372 g/mol. The first-order valence-electron chi connectivity index (χ1n) is 6.53. The summed E-state index contributed by atoms with van der Waals surface area (Å²) in [5.74, 6) is 0.365. The van der Waals surface area contributed by atoms with Crippen LogP contribution in [0.4, 0.5) is 0 Å². The molecule has 1 aromatic carbocycles. The number of rotatable bonds is 2. The number of ether oxygens (including phenoxy) is 1. The van der Waals surface area contributed by atoms with Crippen molar-refractivity contribution in [3.8, 4) is 0 Å². The molecule has 0 spiro atoms. The van der Waals surface area contributed by atoms with Gasteiger partial charge in [-0.1, -0.05) is 12.1 Å². The van der Waals surface area contributed by atoms with Crippen LogP contribution < -0.4 is 11.1 Å². The van der Waals surface area contributed by atoms with Gasteiger partial charge in [0.2, 0.25) is 0 Å². The smallest absolute Gasteiger partial charge is 0.252 e. The number of aryl methyl sites for hydroxylation is 1. The summed E-state index contributed by atoms with van der Waals surface area (Å²) < 4.78 is 6.62. The van der Waals surface area contributed by atoms with Gasteiger partial charge in [0.05, 0.1) is 17.7 Å². The molecule has 1 heterocycles. The molecule has 2 fully saturated rings. The lowest BCUT2D eigenvalue weighted by molar-refractivity contribution is -0.0161. The summed E-state index contributed by atoms with van der Waals surface area (Å²) >= 11 is 2.21. The van der Waals surface area contributed by atoms with Gasteiger partial charge in [0.1, 0.15) is 0 Å². The molecule has 0 aromatic heterocycles. The van der Waals surface area contributed by atoms with Crippen molar-refractivity contribution in [1.29, 1.82) is 0 Å². The Balaban J connectivity index is 1.73. The second-order valence-corrected chi connectivity index (χ2v) is 6.38. The zero-order valence-corrected chi connectivity index (χ0v) is 12.9. The van der Waals surface area contributed by atoms with Gasteiger partial charge in [-0.25, -0.2) is 0 Å². The Kier molecular flexibility index (Phi) is 3.53. The highest BCUT2D eigenvalue weighted by Gasteiger charge is 2.52. The Morgan fingerprint density at radius 2 is 2.32 bits per heavy atom. The molecule has 3 rings (SSSR count). The Morgan fingerprint density at radius 3 is 3.11 bits per heavy atom. The molecule has 1 aliphatic carbocycles. The van der Waals surface area contributed by atoms with Gasteiger partial charge in [0.15, 0.2) is 0 Å². The van der Waals surface area contributed by atoms with E-state index in [9.17, 15) is 4.79 Å². The second kappa shape index (κ2) is 5.03. The van der Waals surface area contributed by atoms with Gasteiger partial charge in [0, 0.05) is 22.1 Å². The molecule has 4 nitrogen and oxygen atoms in total. The van der Waals surface area contributed by atoms with Crippen LogP contribution in [0.15, 0.2) is 18.2 Å². The number of nitrogens with two attached hydrogens (primary N) is 1. The number of carbonyl (C=O) groups is 1. The maximum atomic E-state index is 12.3. The van der Waals surface area contributed by atoms with Crippen LogP contribution in [0.2, 0.25) is 0 Å². The van der Waals surface area contributed by atoms with Crippen molar-refractivity contribution < 1.29 is 9.53 Å². The minimum absolute atomic E-state index is 0.0268. The molecule has 1 aromatic rings. The molecule has 1 saturated heterocycles. The summed E-state index contributed by atoms with van der Waals surface area (Å²) in [6.45, 7) is 2.77. The van der Waals surface area contributed by atoms with Gasteiger partial charge in [0.25, 0.3) is 5.91 Å². The van der Waals surface area contributed by atoms with Crippen LogP contribution in [0.1, 0.15) is 22.3 Å². The molecule has 1 aliphatic heterocycles. The van der Waals surface area contributed by atoms with Crippen LogP contribution in [0.25, 0.3) is 0 Å². The molecular formula is C14H17IN2O2. The lowest BCUT2D eigenvalue weighted by Crippen LogP contribution is -2.69. The maximum absolute atomic E-state index is 12.3. The predicted molar refractivity (Wildman–Crippen MR) is 81.0 cm³/mol. The zero-order chi connectivity index (χ0) is 13.6. The van der Waals surface area contributed by atoms with Crippen molar-refractivity contribution >= 4 is 28.5 Å². The van der Waals surface area contributed by atoms with E-state index in [1.165, 1.54) is 0 Å². The third-order valence-electron chi connectivity index (χ3n) is 4.18. The fourth-order valence-electron chi connectivity index (χ4n) is 2.98. The van der Waals surface area contributed by atoms with E-state index < -0.39 is 0 Å². The molecule has 4 atom stereocenters. The average molecular weight is 372 g/mol. The molecule has 1 amide bonds. The van der Waals surface area contributed by atoms with Crippen molar-refractivity contribution in [2.24, 2.45) is 11.7 Å². The fourth-order valence-corrected chi connectivity index (χ4v) is 3.58. The van der Waals surface area contributed by atoms with E-state index in [4.69, 9.17) is 10.5 Å². The average Bonchev–Trinajstić information content (AvgIpc) is 2.83. The van der Waals surface area contributed by atoms with Crippen LogP contribution in [0, 0.1) is 16.4 Å². The largest absolute Gasteiger partial charge is 0.376 e. The number of nitrogens with one attached hydrogen (secondary N) is 1. The van der Waals surface area contributed by atoms with Crippen molar-refractivity contribution in [2.75, 3.05) is 6.61 Å². The van der Waals surface area contributed by atoms with E-state index in [2.05, 4.69) is 27.9 Å². The number of fused-ring (bicyclic) bond motifs is 1. The Morgan fingerprint density at radius 1 is 1.53 bits per heavy atom. The van der Waals surface area contributed by atoms with E-state index in [1.54, 1.807) is 0 Å². The number of hydrogen-bond acceptors (Lipinski definition) is 3. The highest BCUT2D eigenvalue weighted by Crippen LogP contribution is 2.37. The summed E-state index contributed by atoms with van der Waals surface area (Å²) in [6.07, 6.45) is 1.13. The standard InChI is InChI=1S/C14H17IN2O2/c1-7-3-2-4-8(10(7)15)14(18)17-12-11(16)9-5-6-19-13(9)12/h2-4,9,11-13H,5-6,16H2,1H3,(H,17,18). The van der Waals surface area contributed by atoms with Gasteiger partial charge in [-0.05, 0) is 47.6 Å². The van der Waals surface area contributed by atoms with Crippen molar-refractivity contribution in [3.63, 3.8) is 0 Å². The molecule has 4 unspecified atom stereocenters. The number of benzene rings is 1. The van der Waals surface area contributed by atoms with E-state index in [-0.39, 0.29) is 24.1 Å². The van der Waals surface area contributed by atoms with E-state index in [0.29, 0.717) is 11.5 Å². The quantitative estimate of drug-likeness (QED) is 0.773. The molecule has 5 heteroatoms. The third kappa shape index (κ3) is 2.17. The van der Waals surface area contributed by atoms with Gasteiger partial charge in [-0.15, -0.1) is 0 Å². The van der Waals surface area contributed by atoms with E-state index in [1.807, 2.05) is 25.1 Å². The topological polar surface area (TPSA) is 64.4 Å². The molecule has 0 bridgehead atoms. The van der Waals surface area contributed by atoms with Crippen LogP contribution in [-0.2, 0) is 4.74 Å². The summed E-state index contributed by atoms with van der Waals surface area (Å²) in [5, 5.41) is 3.03. The van der Waals surface area contributed by atoms with E-state index in [0.717, 1.165) is 22.2 Å². The van der Waals surface area contributed by atoms with Crippen LogP contribution >= 0.6 is 22.6 Å². The molecule has 1 saturated carbocycles. The maximum Gasteiger partial charge on any atom is 0.252 e. The normalized spacial score (nSPS) is 32.6. The summed E-state index contributed by atoms with van der Waals surface area (Å²) in [5.41, 5.74) is 7.93. The number of halogens is 1. The number of hydrogen-bond donors (Lipinski definition) is 2. The molecule has 19 heavy (non-hydrogen) atoms. The third-order valence-corrected chi connectivity index (χ3v) is 5.61.